The van der Waals surface area contributed by atoms with Crippen LogP contribution in [0, 0.1) is 12.7 Å². The fourth-order valence-electron chi connectivity index (χ4n) is 1.81. The molecule has 0 saturated carbocycles. The molecular weight excluding hydrogens is 313 g/mol. The number of benzene rings is 1. The number of carboxylic acid groups (broad SMARTS) is 1. The van der Waals surface area contributed by atoms with E-state index in [9.17, 15) is 14.0 Å². The van der Waals surface area contributed by atoms with Crippen LogP contribution in [0.15, 0.2) is 24.5 Å². The van der Waals surface area contributed by atoms with Crippen molar-refractivity contribution < 1.29 is 19.1 Å². The highest BCUT2D eigenvalue weighted by molar-refractivity contribution is 6.30. The number of carboxylic acids is 1. The van der Waals surface area contributed by atoms with E-state index in [4.69, 9.17) is 16.7 Å². The van der Waals surface area contributed by atoms with Crippen molar-refractivity contribution in [2.75, 3.05) is 0 Å². The van der Waals surface area contributed by atoms with Crippen LogP contribution in [0.3, 0.4) is 0 Å². The third-order valence-corrected chi connectivity index (χ3v) is 3.23. The molecule has 0 fully saturated rings. The minimum absolute atomic E-state index is 0.0272. The number of aromatic carboxylic acids is 1. The van der Waals surface area contributed by atoms with E-state index in [1.807, 2.05) is 0 Å². The minimum Gasteiger partial charge on any atom is -0.477 e. The first-order valence-corrected chi connectivity index (χ1v) is 6.55. The maximum absolute atomic E-state index is 13.0. The van der Waals surface area contributed by atoms with Crippen LogP contribution in [0.2, 0.25) is 5.02 Å². The van der Waals surface area contributed by atoms with E-state index in [1.165, 1.54) is 25.1 Å². The van der Waals surface area contributed by atoms with Crippen molar-refractivity contribution in [3.05, 3.63) is 57.9 Å². The summed E-state index contributed by atoms with van der Waals surface area (Å²) in [6.07, 6.45) is 1.01. The SMILES string of the molecule is Cc1c(C(=O)O)ncnc1C(=O)NCc1ccc(F)c(Cl)c1. The number of nitrogens with zero attached hydrogens (tertiary/aromatic N) is 2. The molecule has 1 aromatic carbocycles. The van der Waals surface area contributed by atoms with Crippen LogP contribution < -0.4 is 5.32 Å². The van der Waals surface area contributed by atoms with Gasteiger partial charge in [0.05, 0.1) is 5.02 Å². The van der Waals surface area contributed by atoms with Crippen molar-refractivity contribution in [2.45, 2.75) is 13.5 Å². The van der Waals surface area contributed by atoms with E-state index < -0.39 is 17.7 Å². The van der Waals surface area contributed by atoms with Crippen molar-refractivity contribution >= 4 is 23.5 Å². The van der Waals surface area contributed by atoms with Gasteiger partial charge in [-0.15, -0.1) is 0 Å². The number of nitrogens with one attached hydrogen (secondary N) is 1. The van der Waals surface area contributed by atoms with Crippen LogP contribution in [-0.2, 0) is 6.54 Å². The van der Waals surface area contributed by atoms with E-state index in [-0.39, 0.29) is 28.5 Å². The van der Waals surface area contributed by atoms with Crippen LogP contribution in [-0.4, -0.2) is 27.0 Å². The van der Waals surface area contributed by atoms with Gasteiger partial charge < -0.3 is 10.4 Å². The van der Waals surface area contributed by atoms with Gasteiger partial charge in [0.1, 0.15) is 17.8 Å². The molecule has 0 radical (unpaired) electrons. The molecule has 114 valence electrons. The van der Waals surface area contributed by atoms with Gasteiger partial charge in [0.25, 0.3) is 5.91 Å². The topological polar surface area (TPSA) is 92.2 Å². The molecule has 2 rings (SSSR count). The normalized spacial score (nSPS) is 10.3. The van der Waals surface area contributed by atoms with Crippen LogP contribution in [0.4, 0.5) is 4.39 Å². The second-order valence-corrected chi connectivity index (χ2v) is 4.84. The van der Waals surface area contributed by atoms with E-state index in [0.29, 0.717) is 5.56 Å². The fourth-order valence-corrected chi connectivity index (χ4v) is 2.01. The molecule has 2 aromatic rings. The van der Waals surface area contributed by atoms with E-state index in [0.717, 1.165) is 6.33 Å². The third-order valence-electron chi connectivity index (χ3n) is 2.94. The molecule has 0 aliphatic carbocycles. The molecule has 0 bridgehead atoms. The van der Waals surface area contributed by atoms with Crippen molar-refractivity contribution in [2.24, 2.45) is 0 Å². The standard InChI is InChI=1S/C14H11ClFN3O3/c1-7-11(18-6-19-12(7)14(21)22)13(20)17-5-8-2-3-10(16)9(15)4-8/h2-4,6H,5H2,1H3,(H,17,20)(H,21,22). The summed E-state index contributed by atoms with van der Waals surface area (Å²) < 4.78 is 13.0. The highest BCUT2D eigenvalue weighted by Gasteiger charge is 2.18. The maximum atomic E-state index is 13.0. The van der Waals surface area contributed by atoms with E-state index >= 15 is 0 Å². The Morgan fingerprint density at radius 3 is 2.64 bits per heavy atom. The number of amides is 1. The zero-order valence-electron chi connectivity index (χ0n) is 11.4. The Kier molecular flexibility index (Phi) is 4.67. The molecule has 1 amide bonds. The number of hydrogen-bond acceptors (Lipinski definition) is 4. The van der Waals surface area contributed by atoms with E-state index in [1.54, 1.807) is 0 Å². The largest absolute Gasteiger partial charge is 0.477 e. The third kappa shape index (κ3) is 3.37. The molecule has 0 saturated heterocycles. The number of halogens is 2. The molecule has 0 atom stereocenters. The van der Waals surface area contributed by atoms with Gasteiger partial charge >= 0.3 is 5.97 Å². The highest BCUT2D eigenvalue weighted by atomic mass is 35.5. The molecular formula is C14H11ClFN3O3. The van der Waals surface area contributed by atoms with Gasteiger partial charge in [-0.3, -0.25) is 4.79 Å². The number of aromatic nitrogens is 2. The van der Waals surface area contributed by atoms with Gasteiger partial charge in [-0.25, -0.2) is 19.2 Å². The quantitative estimate of drug-likeness (QED) is 0.900. The lowest BCUT2D eigenvalue weighted by molar-refractivity contribution is 0.0689. The first-order chi connectivity index (χ1) is 10.4. The van der Waals surface area contributed by atoms with Crippen molar-refractivity contribution in [1.82, 2.24) is 15.3 Å². The summed E-state index contributed by atoms with van der Waals surface area (Å²) in [7, 11) is 0. The molecule has 0 aliphatic heterocycles. The van der Waals surface area contributed by atoms with Crippen LogP contribution >= 0.6 is 11.6 Å². The zero-order valence-corrected chi connectivity index (χ0v) is 12.2. The molecule has 6 nitrogen and oxygen atoms in total. The van der Waals surface area contributed by atoms with Crippen molar-refractivity contribution in [3.63, 3.8) is 0 Å². The molecule has 1 aromatic heterocycles. The Morgan fingerprint density at radius 2 is 2.00 bits per heavy atom. The molecule has 1 heterocycles. The maximum Gasteiger partial charge on any atom is 0.354 e. The molecule has 0 aliphatic rings. The predicted molar refractivity (Wildman–Crippen MR) is 76.3 cm³/mol. The second kappa shape index (κ2) is 6.48. The average molecular weight is 324 g/mol. The summed E-state index contributed by atoms with van der Waals surface area (Å²) in [4.78, 5) is 30.4. The van der Waals surface area contributed by atoms with Crippen LogP contribution in [0.5, 0.6) is 0 Å². The van der Waals surface area contributed by atoms with Gasteiger partial charge in [-0.1, -0.05) is 17.7 Å². The summed E-state index contributed by atoms with van der Waals surface area (Å²) in [5.74, 6) is -2.34. The summed E-state index contributed by atoms with van der Waals surface area (Å²) >= 11 is 5.65. The lowest BCUT2D eigenvalue weighted by Gasteiger charge is -2.08. The number of carbonyl (C=O) groups is 2. The summed E-state index contributed by atoms with van der Waals surface area (Å²) in [5, 5.41) is 11.5. The molecule has 0 spiro atoms. The summed E-state index contributed by atoms with van der Waals surface area (Å²) in [6, 6.07) is 4.08. The lowest BCUT2D eigenvalue weighted by Crippen LogP contribution is -2.26. The van der Waals surface area contributed by atoms with Gasteiger partial charge in [0.15, 0.2) is 5.69 Å². The molecule has 8 heteroatoms. The Morgan fingerprint density at radius 1 is 1.32 bits per heavy atom. The van der Waals surface area contributed by atoms with E-state index in [2.05, 4.69) is 15.3 Å². The van der Waals surface area contributed by atoms with Crippen LogP contribution in [0.1, 0.15) is 32.1 Å². The van der Waals surface area contributed by atoms with Crippen LogP contribution in [0.25, 0.3) is 0 Å². The zero-order chi connectivity index (χ0) is 16.3. The highest BCUT2D eigenvalue weighted by Crippen LogP contribution is 2.16. The van der Waals surface area contributed by atoms with Gasteiger partial charge in [0, 0.05) is 12.1 Å². The predicted octanol–water partition coefficient (Wildman–Crippen LogP) is 2.21. The average Bonchev–Trinajstić information content (AvgIpc) is 2.48. The molecule has 0 unspecified atom stereocenters. The Labute approximate surface area is 130 Å². The Hall–Kier alpha value is -2.54. The smallest absolute Gasteiger partial charge is 0.354 e. The first kappa shape index (κ1) is 15.8. The number of carbonyl (C=O) groups excluding carboxylic acids is 1. The Balaban J connectivity index is 2.14. The molecule has 22 heavy (non-hydrogen) atoms. The summed E-state index contributed by atoms with van der Waals surface area (Å²) in [6.45, 7) is 1.55. The number of hydrogen-bond donors (Lipinski definition) is 2. The lowest BCUT2D eigenvalue weighted by atomic mass is 10.1. The van der Waals surface area contributed by atoms with Crippen molar-refractivity contribution in [3.8, 4) is 0 Å². The van der Waals surface area contributed by atoms with Gasteiger partial charge in [-0.05, 0) is 24.6 Å². The van der Waals surface area contributed by atoms with Gasteiger partial charge in [-0.2, -0.15) is 0 Å². The summed E-state index contributed by atoms with van der Waals surface area (Å²) in [5.41, 5.74) is 0.514. The number of rotatable bonds is 4. The minimum atomic E-state index is -1.24. The second-order valence-electron chi connectivity index (χ2n) is 4.43. The molecule has 2 N–H and O–H groups in total. The monoisotopic (exact) mass is 323 g/mol. The van der Waals surface area contributed by atoms with Crippen molar-refractivity contribution in [1.29, 1.82) is 0 Å². The Bertz CT molecular complexity index is 752. The first-order valence-electron chi connectivity index (χ1n) is 6.17. The van der Waals surface area contributed by atoms with Gasteiger partial charge in [0.2, 0.25) is 0 Å². The fraction of sp³-hybridized carbons (Fsp3) is 0.143.